The maximum absolute atomic E-state index is 4.34. The molecule has 0 unspecified atom stereocenters. The monoisotopic (exact) mass is 313 g/mol. The van der Waals surface area contributed by atoms with Gasteiger partial charge in [-0.25, -0.2) is 19.9 Å². The molecular weight excluding hydrogens is 305 g/mol. The lowest BCUT2D eigenvalue weighted by Gasteiger charge is -2.04. The van der Waals surface area contributed by atoms with Crippen LogP contribution in [0.3, 0.4) is 0 Å². The topological polar surface area (TPSA) is 63.6 Å². The van der Waals surface area contributed by atoms with Crippen molar-refractivity contribution in [3.63, 3.8) is 0 Å². The molecule has 6 heteroatoms. The molecule has 0 aliphatic heterocycles. The molecule has 2 aromatic heterocycles. The summed E-state index contributed by atoms with van der Waals surface area (Å²) in [5, 5.41) is 3.00. The summed E-state index contributed by atoms with van der Waals surface area (Å²) in [6.45, 7) is 0. The lowest BCUT2D eigenvalue weighted by atomic mass is 10.4. The molecule has 0 aliphatic rings. The van der Waals surface area contributed by atoms with Gasteiger partial charge in [0.25, 0.3) is 0 Å². The van der Waals surface area contributed by atoms with E-state index in [-0.39, 0.29) is 0 Å². The van der Waals surface area contributed by atoms with E-state index in [1.165, 1.54) is 6.33 Å². The predicted octanol–water partition coefficient (Wildman–Crippen LogP) is 1.58. The average Bonchev–Trinajstić information content (AvgIpc) is 2.31. The van der Waals surface area contributed by atoms with Crippen molar-refractivity contribution in [1.82, 2.24) is 19.9 Å². The van der Waals surface area contributed by atoms with Gasteiger partial charge >= 0.3 is 0 Å². The van der Waals surface area contributed by atoms with Crippen LogP contribution >= 0.6 is 22.6 Å². The molecule has 0 fully saturated rings. The fourth-order valence-electron chi connectivity index (χ4n) is 1.09. The highest BCUT2D eigenvalue weighted by Crippen LogP contribution is 2.17. The van der Waals surface area contributed by atoms with Gasteiger partial charge in [-0.15, -0.1) is 0 Å². The minimum atomic E-state index is 0.599. The molecule has 0 saturated heterocycles. The van der Waals surface area contributed by atoms with Crippen molar-refractivity contribution >= 4 is 28.4 Å². The number of nitrogens with zero attached hydrogens (tertiary/aromatic N) is 4. The van der Waals surface area contributed by atoms with Crippen molar-refractivity contribution in [2.24, 2.45) is 0 Å². The van der Waals surface area contributed by atoms with Crippen LogP contribution in [-0.2, 0) is 0 Å². The number of nitrogens with one attached hydrogen (secondary N) is 1. The Morgan fingerprint density at radius 1 is 1.33 bits per heavy atom. The molecule has 15 heavy (non-hydrogen) atoms. The molecule has 5 nitrogen and oxygen atoms in total. The molecule has 0 radical (unpaired) electrons. The lowest BCUT2D eigenvalue weighted by Crippen LogP contribution is -2.00. The molecule has 2 heterocycles. The van der Waals surface area contributed by atoms with Crippen LogP contribution in [0.1, 0.15) is 0 Å². The Morgan fingerprint density at radius 3 is 2.87 bits per heavy atom. The molecule has 1 N–H and O–H groups in total. The van der Waals surface area contributed by atoms with Crippen molar-refractivity contribution < 1.29 is 0 Å². The predicted molar refractivity (Wildman–Crippen MR) is 65.3 cm³/mol. The fourth-order valence-corrected chi connectivity index (χ4v) is 1.62. The highest BCUT2D eigenvalue weighted by atomic mass is 127. The van der Waals surface area contributed by atoms with Crippen molar-refractivity contribution in [2.45, 2.75) is 0 Å². The molecule has 0 amide bonds. The van der Waals surface area contributed by atoms with Gasteiger partial charge in [0, 0.05) is 19.4 Å². The summed E-state index contributed by atoms with van der Waals surface area (Å²) in [5.41, 5.74) is 0.720. The Labute approximate surface area is 101 Å². The summed E-state index contributed by atoms with van der Waals surface area (Å²) in [5.74, 6) is 1.40. The molecule has 0 saturated carbocycles. The SMILES string of the molecule is CNc1nc(-c2ccncn2)ncc1I. The van der Waals surface area contributed by atoms with Crippen molar-refractivity contribution in [3.05, 3.63) is 28.4 Å². The first kappa shape index (κ1) is 10.2. The summed E-state index contributed by atoms with van der Waals surface area (Å²) in [7, 11) is 1.83. The second-order valence-corrected chi connectivity index (χ2v) is 3.90. The fraction of sp³-hybridized carbons (Fsp3) is 0.111. The molecule has 76 valence electrons. The Kier molecular flexibility index (Phi) is 3.05. The van der Waals surface area contributed by atoms with Crippen LogP contribution in [0.4, 0.5) is 5.82 Å². The number of halogens is 1. The van der Waals surface area contributed by atoms with Crippen LogP contribution in [0.15, 0.2) is 24.8 Å². The Hall–Kier alpha value is -1.31. The van der Waals surface area contributed by atoms with Gasteiger partial charge < -0.3 is 5.32 Å². The first-order chi connectivity index (χ1) is 7.31. The van der Waals surface area contributed by atoms with E-state index in [0.717, 1.165) is 15.1 Å². The average molecular weight is 313 g/mol. The molecule has 2 aromatic rings. The first-order valence-corrected chi connectivity index (χ1v) is 5.36. The van der Waals surface area contributed by atoms with Gasteiger partial charge in [-0.3, -0.25) is 0 Å². The largest absolute Gasteiger partial charge is 0.372 e. The van der Waals surface area contributed by atoms with Gasteiger partial charge in [-0.1, -0.05) is 0 Å². The summed E-state index contributed by atoms with van der Waals surface area (Å²) in [6, 6.07) is 1.78. The number of hydrogen-bond acceptors (Lipinski definition) is 5. The number of aromatic nitrogens is 4. The van der Waals surface area contributed by atoms with Crippen LogP contribution in [-0.4, -0.2) is 27.0 Å². The maximum Gasteiger partial charge on any atom is 0.180 e. The van der Waals surface area contributed by atoms with Crippen molar-refractivity contribution in [3.8, 4) is 11.5 Å². The summed E-state index contributed by atoms with van der Waals surface area (Å²) in [6.07, 6.45) is 4.91. The van der Waals surface area contributed by atoms with E-state index in [9.17, 15) is 0 Å². The zero-order valence-corrected chi connectivity index (χ0v) is 10.1. The Balaban J connectivity index is 2.46. The van der Waals surface area contributed by atoms with Crippen LogP contribution in [0.25, 0.3) is 11.5 Å². The Bertz CT molecular complexity index is 459. The van der Waals surface area contributed by atoms with Crippen LogP contribution < -0.4 is 5.32 Å². The van der Waals surface area contributed by atoms with E-state index in [4.69, 9.17) is 0 Å². The zero-order valence-electron chi connectivity index (χ0n) is 7.98. The van der Waals surface area contributed by atoms with E-state index in [1.807, 2.05) is 7.05 Å². The molecule has 0 bridgehead atoms. The zero-order chi connectivity index (χ0) is 10.7. The number of hydrogen-bond donors (Lipinski definition) is 1. The van der Waals surface area contributed by atoms with E-state index in [2.05, 4.69) is 47.8 Å². The highest BCUT2D eigenvalue weighted by molar-refractivity contribution is 14.1. The normalized spacial score (nSPS) is 10.0. The number of rotatable bonds is 2. The van der Waals surface area contributed by atoms with E-state index >= 15 is 0 Å². The molecule has 0 aliphatic carbocycles. The van der Waals surface area contributed by atoms with Gasteiger partial charge in [0.15, 0.2) is 5.82 Å². The van der Waals surface area contributed by atoms with E-state index < -0.39 is 0 Å². The summed E-state index contributed by atoms with van der Waals surface area (Å²) >= 11 is 2.18. The van der Waals surface area contributed by atoms with Crippen LogP contribution in [0.2, 0.25) is 0 Å². The third-order valence-corrected chi connectivity index (χ3v) is 2.58. The van der Waals surface area contributed by atoms with Gasteiger partial charge in [-0.05, 0) is 28.7 Å². The molecule has 0 atom stereocenters. The minimum Gasteiger partial charge on any atom is -0.372 e. The maximum atomic E-state index is 4.34. The second-order valence-electron chi connectivity index (χ2n) is 2.73. The van der Waals surface area contributed by atoms with E-state index in [0.29, 0.717) is 5.82 Å². The molecule has 0 aromatic carbocycles. The quantitative estimate of drug-likeness (QED) is 0.853. The third kappa shape index (κ3) is 2.20. The van der Waals surface area contributed by atoms with Crippen LogP contribution in [0, 0.1) is 3.57 Å². The van der Waals surface area contributed by atoms with Crippen LogP contribution in [0.5, 0.6) is 0 Å². The van der Waals surface area contributed by atoms with Crippen molar-refractivity contribution in [1.29, 1.82) is 0 Å². The highest BCUT2D eigenvalue weighted by Gasteiger charge is 2.05. The Morgan fingerprint density at radius 2 is 2.20 bits per heavy atom. The smallest absolute Gasteiger partial charge is 0.180 e. The minimum absolute atomic E-state index is 0.599. The standard InChI is InChI=1S/C9H8IN5/c1-11-8-6(10)4-13-9(15-8)7-2-3-12-5-14-7/h2-5H,1H3,(H,11,13,15). The molecule has 0 spiro atoms. The third-order valence-electron chi connectivity index (χ3n) is 1.79. The molecule has 2 rings (SSSR count). The van der Waals surface area contributed by atoms with Crippen molar-refractivity contribution in [2.75, 3.05) is 12.4 Å². The van der Waals surface area contributed by atoms with Gasteiger partial charge in [0.1, 0.15) is 17.8 Å². The summed E-state index contributed by atoms with van der Waals surface area (Å²) in [4.78, 5) is 16.5. The number of anilines is 1. The first-order valence-electron chi connectivity index (χ1n) is 4.28. The summed E-state index contributed by atoms with van der Waals surface area (Å²) < 4.78 is 0.980. The van der Waals surface area contributed by atoms with Gasteiger partial charge in [-0.2, -0.15) is 0 Å². The van der Waals surface area contributed by atoms with Gasteiger partial charge in [0.2, 0.25) is 0 Å². The lowest BCUT2D eigenvalue weighted by molar-refractivity contribution is 1.09. The molecular formula is C9H8IN5. The van der Waals surface area contributed by atoms with Gasteiger partial charge in [0.05, 0.1) is 3.57 Å². The second kappa shape index (κ2) is 4.47. The van der Waals surface area contributed by atoms with E-state index in [1.54, 1.807) is 18.5 Å².